The van der Waals surface area contributed by atoms with Gasteiger partial charge in [-0.15, -0.1) is 4.68 Å². The summed E-state index contributed by atoms with van der Waals surface area (Å²) in [6, 6.07) is 17.4. The molecule has 0 saturated carbocycles. The first-order valence-electron chi connectivity index (χ1n) is 7.29. The SMILES string of the molecule is CS(=O)(=O)c1nc([N+](=O)[O-])nn1C(c1ccccc1)c1ccccc1. The molecular formula is C16H14N4O4S. The van der Waals surface area contributed by atoms with Crippen molar-refractivity contribution in [1.29, 1.82) is 0 Å². The topological polar surface area (TPSA) is 108 Å². The second-order valence-corrected chi connectivity index (χ2v) is 7.30. The fraction of sp³-hybridized carbons (Fsp3) is 0.125. The first kappa shape index (κ1) is 16.8. The first-order valence-corrected chi connectivity index (χ1v) is 9.18. The van der Waals surface area contributed by atoms with Crippen molar-refractivity contribution in [3.63, 3.8) is 0 Å². The fourth-order valence-corrected chi connectivity index (χ4v) is 3.28. The average molecular weight is 358 g/mol. The fourth-order valence-electron chi connectivity index (χ4n) is 2.54. The molecule has 3 rings (SSSR count). The van der Waals surface area contributed by atoms with E-state index in [9.17, 15) is 18.5 Å². The molecule has 0 spiro atoms. The Morgan fingerprint density at radius 3 is 1.88 bits per heavy atom. The summed E-state index contributed by atoms with van der Waals surface area (Å²) in [5.74, 6) is -0.753. The number of sulfone groups is 1. The van der Waals surface area contributed by atoms with Gasteiger partial charge < -0.3 is 10.1 Å². The lowest BCUT2D eigenvalue weighted by Crippen LogP contribution is -2.19. The number of rotatable bonds is 5. The molecule has 1 heterocycles. The third-order valence-electron chi connectivity index (χ3n) is 3.56. The zero-order valence-electron chi connectivity index (χ0n) is 13.2. The van der Waals surface area contributed by atoms with Crippen LogP contribution in [0.5, 0.6) is 0 Å². The summed E-state index contributed by atoms with van der Waals surface area (Å²) in [6.07, 6.45) is 0.949. The molecule has 0 bridgehead atoms. The van der Waals surface area contributed by atoms with Crippen LogP contribution >= 0.6 is 0 Å². The van der Waals surface area contributed by atoms with E-state index >= 15 is 0 Å². The molecule has 1 aromatic heterocycles. The van der Waals surface area contributed by atoms with Crippen LogP contribution in [0.3, 0.4) is 0 Å². The molecule has 3 aromatic rings. The maximum atomic E-state index is 12.1. The highest BCUT2D eigenvalue weighted by Crippen LogP contribution is 2.29. The lowest BCUT2D eigenvalue weighted by atomic mass is 9.99. The Hall–Kier alpha value is -3.07. The molecule has 0 N–H and O–H groups in total. The number of hydrogen-bond acceptors (Lipinski definition) is 6. The van der Waals surface area contributed by atoms with E-state index in [0.29, 0.717) is 0 Å². The molecular weight excluding hydrogens is 344 g/mol. The van der Waals surface area contributed by atoms with E-state index in [0.717, 1.165) is 22.1 Å². The monoisotopic (exact) mass is 358 g/mol. The van der Waals surface area contributed by atoms with Crippen LogP contribution in [0.1, 0.15) is 17.2 Å². The summed E-state index contributed by atoms with van der Waals surface area (Å²) in [6.45, 7) is 0. The molecule has 25 heavy (non-hydrogen) atoms. The Bertz CT molecular complexity index is 962. The molecule has 0 saturated heterocycles. The summed E-state index contributed by atoms with van der Waals surface area (Å²) in [7, 11) is -3.82. The van der Waals surface area contributed by atoms with Gasteiger partial charge in [0.05, 0.1) is 0 Å². The van der Waals surface area contributed by atoms with Gasteiger partial charge in [0, 0.05) is 11.4 Å². The largest absolute Gasteiger partial charge is 0.492 e. The normalized spacial score (nSPS) is 11.6. The van der Waals surface area contributed by atoms with E-state index in [4.69, 9.17) is 0 Å². The minimum atomic E-state index is -3.82. The lowest BCUT2D eigenvalue weighted by Gasteiger charge is -2.16. The Kier molecular flexibility index (Phi) is 4.32. The highest BCUT2D eigenvalue weighted by atomic mass is 32.2. The van der Waals surface area contributed by atoms with Crippen molar-refractivity contribution >= 4 is 15.8 Å². The van der Waals surface area contributed by atoms with Crippen molar-refractivity contribution in [3.8, 4) is 0 Å². The summed E-state index contributed by atoms with van der Waals surface area (Å²) in [5.41, 5.74) is 1.47. The van der Waals surface area contributed by atoms with Crippen molar-refractivity contribution in [1.82, 2.24) is 14.8 Å². The van der Waals surface area contributed by atoms with Gasteiger partial charge in [-0.3, -0.25) is 0 Å². The second kappa shape index (κ2) is 6.44. The highest BCUT2D eigenvalue weighted by Gasteiger charge is 2.34. The molecule has 0 unspecified atom stereocenters. The average Bonchev–Trinajstić information content (AvgIpc) is 3.03. The first-order chi connectivity index (χ1) is 11.9. The summed E-state index contributed by atoms with van der Waals surface area (Å²) in [5, 5.41) is 14.5. The molecule has 0 atom stereocenters. The predicted octanol–water partition coefficient (Wildman–Crippen LogP) is 2.23. The number of benzene rings is 2. The second-order valence-electron chi connectivity index (χ2n) is 5.39. The Morgan fingerprint density at radius 1 is 1.00 bits per heavy atom. The van der Waals surface area contributed by atoms with Crippen molar-refractivity contribution in [2.45, 2.75) is 11.2 Å². The van der Waals surface area contributed by atoms with Crippen molar-refractivity contribution in [3.05, 3.63) is 81.9 Å². The minimum absolute atomic E-state index is 0.447. The lowest BCUT2D eigenvalue weighted by molar-refractivity contribution is -0.394. The molecule has 128 valence electrons. The van der Waals surface area contributed by atoms with E-state index in [1.807, 2.05) is 12.1 Å². The van der Waals surface area contributed by atoms with Crippen molar-refractivity contribution in [2.24, 2.45) is 0 Å². The molecule has 0 aliphatic heterocycles. The van der Waals surface area contributed by atoms with Crippen LogP contribution in [0.25, 0.3) is 0 Å². The van der Waals surface area contributed by atoms with E-state index in [2.05, 4.69) is 10.1 Å². The molecule has 8 nitrogen and oxygen atoms in total. The van der Waals surface area contributed by atoms with Gasteiger partial charge in [-0.2, -0.15) is 0 Å². The van der Waals surface area contributed by atoms with Crippen molar-refractivity contribution < 1.29 is 13.3 Å². The zero-order chi connectivity index (χ0) is 18.0. The van der Waals surface area contributed by atoms with Gasteiger partial charge in [0.15, 0.2) is 0 Å². The van der Waals surface area contributed by atoms with Crippen LogP contribution in [-0.2, 0) is 9.84 Å². The summed E-state index contributed by atoms with van der Waals surface area (Å²) < 4.78 is 25.3. The van der Waals surface area contributed by atoms with Gasteiger partial charge in [-0.25, -0.2) is 8.42 Å². The number of nitrogens with zero attached hydrogens (tertiary/aromatic N) is 4. The Balaban J connectivity index is 2.29. The van der Waals surface area contributed by atoms with Crippen LogP contribution in [0.2, 0.25) is 0 Å². The maximum absolute atomic E-state index is 12.1. The molecule has 0 radical (unpaired) electrons. The summed E-state index contributed by atoms with van der Waals surface area (Å²) >= 11 is 0. The number of aromatic nitrogens is 3. The van der Waals surface area contributed by atoms with E-state index < -0.39 is 31.9 Å². The molecule has 9 heteroatoms. The molecule has 0 aliphatic rings. The smallest absolute Gasteiger partial charge is 0.390 e. The van der Waals surface area contributed by atoms with Gasteiger partial charge in [-0.05, 0) is 21.0 Å². The van der Waals surface area contributed by atoms with Crippen molar-refractivity contribution in [2.75, 3.05) is 6.26 Å². The molecule has 0 aliphatic carbocycles. The number of hydrogen-bond donors (Lipinski definition) is 0. The maximum Gasteiger partial charge on any atom is 0.492 e. The third-order valence-corrected chi connectivity index (χ3v) is 4.50. The van der Waals surface area contributed by atoms with Gasteiger partial charge in [0.1, 0.15) is 6.04 Å². The van der Waals surface area contributed by atoms with Gasteiger partial charge in [0.2, 0.25) is 9.84 Å². The van der Waals surface area contributed by atoms with Gasteiger partial charge in [-0.1, -0.05) is 60.7 Å². The molecule has 2 aromatic carbocycles. The number of nitro groups is 1. The van der Waals surface area contributed by atoms with Crippen LogP contribution < -0.4 is 0 Å². The predicted molar refractivity (Wildman–Crippen MR) is 89.9 cm³/mol. The highest BCUT2D eigenvalue weighted by molar-refractivity contribution is 7.90. The van der Waals surface area contributed by atoms with Crippen LogP contribution in [0.15, 0.2) is 65.8 Å². The third kappa shape index (κ3) is 3.41. The zero-order valence-corrected chi connectivity index (χ0v) is 14.0. The van der Waals surface area contributed by atoms with E-state index in [1.165, 1.54) is 0 Å². The van der Waals surface area contributed by atoms with E-state index in [-0.39, 0.29) is 0 Å². The quantitative estimate of drug-likeness (QED) is 0.511. The van der Waals surface area contributed by atoms with Crippen LogP contribution in [-0.4, -0.2) is 34.4 Å². The van der Waals surface area contributed by atoms with Gasteiger partial charge in [0.25, 0.3) is 0 Å². The standard InChI is InChI=1S/C16H14N4O4S/c1-25(23,24)16-17-15(20(21)22)18-19(16)14(12-8-4-2-5-9-12)13-10-6-3-7-11-13/h2-11,14H,1H3. The van der Waals surface area contributed by atoms with Crippen LogP contribution in [0, 0.1) is 10.1 Å². The Labute approximate surface area is 143 Å². The van der Waals surface area contributed by atoms with Crippen LogP contribution in [0.4, 0.5) is 5.95 Å². The summed E-state index contributed by atoms with van der Waals surface area (Å²) in [4.78, 5) is 13.9. The van der Waals surface area contributed by atoms with Gasteiger partial charge >= 0.3 is 11.1 Å². The Morgan fingerprint density at radius 2 is 1.48 bits per heavy atom. The molecule has 0 amide bonds. The molecule has 0 fully saturated rings. The van der Waals surface area contributed by atoms with E-state index in [1.54, 1.807) is 48.5 Å². The minimum Gasteiger partial charge on any atom is -0.390 e.